The molecular weight excluding hydrogens is 474 g/mol. The first kappa shape index (κ1) is 23.3. The molecule has 2 aromatic heterocycles. The number of pyridine rings is 1. The SMILES string of the molecule is O=C(c1cccc(F)c1-c1ncc(F)cn1)N1C2CCC1C(Cc1ncc(C(F)(F)F)cc1F)C2. The van der Waals surface area contributed by atoms with Gasteiger partial charge in [0.05, 0.1) is 34.8 Å². The number of carbonyl (C=O) groups excluding carboxylic acids is 1. The molecule has 2 aliphatic rings. The normalized spacial score (nSPS) is 21.5. The molecule has 5 nitrogen and oxygen atoms in total. The summed E-state index contributed by atoms with van der Waals surface area (Å²) in [6.45, 7) is 0. The first-order chi connectivity index (χ1) is 16.6. The van der Waals surface area contributed by atoms with E-state index in [1.165, 1.54) is 12.1 Å². The van der Waals surface area contributed by atoms with Crippen molar-refractivity contribution in [3.05, 3.63) is 77.1 Å². The van der Waals surface area contributed by atoms with Crippen LogP contribution in [-0.4, -0.2) is 37.8 Å². The van der Waals surface area contributed by atoms with E-state index >= 15 is 0 Å². The van der Waals surface area contributed by atoms with Crippen molar-refractivity contribution in [3.63, 3.8) is 0 Å². The van der Waals surface area contributed by atoms with Crippen LogP contribution in [-0.2, 0) is 12.6 Å². The van der Waals surface area contributed by atoms with E-state index < -0.39 is 35.1 Å². The molecule has 5 rings (SSSR count). The van der Waals surface area contributed by atoms with Crippen LogP contribution in [0.5, 0.6) is 0 Å². The highest BCUT2D eigenvalue weighted by atomic mass is 19.4. The molecule has 3 aromatic rings. The number of benzene rings is 1. The van der Waals surface area contributed by atoms with Crippen LogP contribution in [0.25, 0.3) is 11.4 Å². The minimum atomic E-state index is -4.70. The van der Waals surface area contributed by atoms with Gasteiger partial charge in [-0.05, 0) is 49.8 Å². The number of rotatable bonds is 4. The van der Waals surface area contributed by atoms with E-state index in [0.717, 1.165) is 18.5 Å². The maximum absolute atomic E-state index is 14.7. The fourth-order valence-electron chi connectivity index (χ4n) is 5.18. The standard InChI is InChI=1S/C24H18F6N4O/c25-14-10-32-22(33-11-14)21-16(2-1-3-17(21)26)23(35)34-15-4-5-20(34)12(6-15)7-19-18(27)8-13(9-31-19)24(28,29)30/h1-3,8-12,15,20H,4-7H2. The minimum Gasteiger partial charge on any atom is -0.332 e. The van der Waals surface area contributed by atoms with Crippen LogP contribution in [0.15, 0.2) is 42.9 Å². The molecule has 2 fully saturated rings. The Balaban J connectivity index is 1.41. The average molecular weight is 492 g/mol. The summed E-state index contributed by atoms with van der Waals surface area (Å²) in [6, 6.07) is 3.92. The van der Waals surface area contributed by atoms with Gasteiger partial charge in [-0.25, -0.2) is 23.1 Å². The van der Waals surface area contributed by atoms with E-state index in [1.54, 1.807) is 4.90 Å². The molecule has 2 bridgehead atoms. The number of nitrogens with zero attached hydrogens (tertiary/aromatic N) is 4. The van der Waals surface area contributed by atoms with Crippen molar-refractivity contribution in [1.82, 2.24) is 19.9 Å². The fourth-order valence-corrected chi connectivity index (χ4v) is 5.18. The Morgan fingerprint density at radius 2 is 1.74 bits per heavy atom. The van der Waals surface area contributed by atoms with Gasteiger partial charge in [0.2, 0.25) is 0 Å². The maximum Gasteiger partial charge on any atom is 0.417 e. The predicted octanol–water partition coefficient (Wildman–Crippen LogP) is 5.21. The zero-order chi connectivity index (χ0) is 24.9. The maximum atomic E-state index is 14.7. The summed E-state index contributed by atoms with van der Waals surface area (Å²) in [5.41, 5.74) is -1.37. The second-order valence-corrected chi connectivity index (χ2v) is 8.75. The molecule has 2 saturated heterocycles. The molecule has 1 aromatic carbocycles. The third kappa shape index (κ3) is 4.23. The predicted molar refractivity (Wildman–Crippen MR) is 111 cm³/mol. The number of carbonyl (C=O) groups is 1. The van der Waals surface area contributed by atoms with Crippen LogP contribution in [0.4, 0.5) is 26.3 Å². The molecule has 35 heavy (non-hydrogen) atoms. The van der Waals surface area contributed by atoms with E-state index in [0.29, 0.717) is 31.5 Å². The average Bonchev–Trinajstić information content (AvgIpc) is 3.37. The lowest BCUT2D eigenvalue weighted by atomic mass is 9.85. The van der Waals surface area contributed by atoms with E-state index in [-0.39, 0.29) is 47.1 Å². The number of halogens is 6. The molecule has 0 spiro atoms. The van der Waals surface area contributed by atoms with E-state index in [4.69, 9.17) is 0 Å². The Kier molecular flexibility index (Phi) is 5.72. The number of aromatic nitrogens is 3. The fraction of sp³-hybridized carbons (Fsp3) is 0.333. The Morgan fingerprint density at radius 1 is 1.00 bits per heavy atom. The third-order valence-corrected chi connectivity index (χ3v) is 6.69. The van der Waals surface area contributed by atoms with Crippen LogP contribution in [0.1, 0.15) is 40.9 Å². The minimum absolute atomic E-state index is 0.0213. The summed E-state index contributed by atoms with van der Waals surface area (Å²) in [5.74, 6) is -3.28. The number of fused-ring (bicyclic) bond motifs is 2. The summed E-state index contributed by atoms with van der Waals surface area (Å²) in [6.07, 6.45) is -0.402. The topological polar surface area (TPSA) is 59.0 Å². The molecule has 4 heterocycles. The molecule has 3 atom stereocenters. The Morgan fingerprint density at radius 3 is 2.43 bits per heavy atom. The Hall–Kier alpha value is -3.50. The van der Waals surface area contributed by atoms with Crippen molar-refractivity contribution in [2.75, 3.05) is 0 Å². The van der Waals surface area contributed by atoms with E-state index in [1.807, 2.05) is 0 Å². The first-order valence-electron chi connectivity index (χ1n) is 10.9. The van der Waals surface area contributed by atoms with Crippen molar-refractivity contribution >= 4 is 5.91 Å². The van der Waals surface area contributed by atoms with Crippen molar-refractivity contribution in [2.24, 2.45) is 5.92 Å². The molecule has 1 amide bonds. The van der Waals surface area contributed by atoms with Gasteiger partial charge in [-0.1, -0.05) is 6.07 Å². The lowest BCUT2D eigenvalue weighted by molar-refractivity contribution is -0.138. The molecule has 3 unspecified atom stereocenters. The lowest BCUT2D eigenvalue weighted by Crippen LogP contribution is -2.37. The molecule has 0 saturated carbocycles. The monoisotopic (exact) mass is 492 g/mol. The van der Waals surface area contributed by atoms with E-state index in [2.05, 4.69) is 15.0 Å². The van der Waals surface area contributed by atoms with Gasteiger partial charge in [-0.2, -0.15) is 13.2 Å². The Labute approximate surface area is 195 Å². The summed E-state index contributed by atoms with van der Waals surface area (Å²) >= 11 is 0. The highest BCUT2D eigenvalue weighted by Gasteiger charge is 2.49. The van der Waals surface area contributed by atoms with Gasteiger partial charge in [-0.3, -0.25) is 9.78 Å². The quantitative estimate of drug-likeness (QED) is 0.470. The Bertz CT molecular complexity index is 1280. The number of hydrogen-bond donors (Lipinski definition) is 0. The summed E-state index contributed by atoms with van der Waals surface area (Å²) in [5, 5.41) is 0. The van der Waals surface area contributed by atoms with Gasteiger partial charge in [0.25, 0.3) is 5.91 Å². The van der Waals surface area contributed by atoms with Gasteiger partial charge in [-0.15, -0.1) is 0 Å². The van der Waals surface area contributed by atoms with Crippen molar-refractivity contribution < 1.29 is 31.1 Å². The molecule has 0 aliphatic carbocycles. The van der Waals surface area contributed by atoms with Crippen LogP contribution in [0.2, 0.25) is 0 Å². The van der Waals surface area contributed by atoms with Crippen molar-refractivity contribution in [2.45, 2.75) is 43.9 Å². The summed E-state index contributed by atoms with van der Waals surface area (Å²) in [7, 11) is 0. The van der Waals surface area contributed by atoms with Crippen LogP contribution in [0.3, 0.4) is 0 Å². The van der Waals surface area contributed by atoms with Crippen LogP contribution >= 0.6 is 0 Å². The smallest absolute Gasteiger partial charge is 0.332 e. The molecule has 2 aliphatic heterocycles. The summed E-state index contributed by atoms with van der Waals surface area (Å²) < 4.78 is 80.9. The molecule has 11 heteroatoms. The largest absolute Gasteiger partial charge is 0.417 e. The lowest BCUT2D eigenvalue weighted by Gasteiger charge is -2.25. The zero-order valence-electron chi connectivity index (χ0n) is 18.1. The summed E-state index contributed by atoms with van der Waals surface area (Å²) in [4.78, 5) is 26.5. The van der Waals surface area contributed by atoms with Gasteiger partial charge in [0.1, 0.15) is 11.6 Å². The number of alkyl halides is 3. The number of amides is 1. The van der Waals surface area contributed by atoms with Gasteiger partial charge >= 0.3 is 6.18 Å². The molecular formula is C24H18F6N4O. The highest BCUT2D eigenvalue weighted by Crippen LogP contribution is 2.44. The van der Waals surface area contributed by atoms with Gasteiger partial charge in [0, 0.05) is 18.3 Å². The molecule has 182 valence electrons. The molecule has 0 radical (unpaired) electrons. The van der Waals surface area contributed by atoms with E-state index in [9.17, 15) is 31.1 Å². The zero-order valence-corrected chi connectivity index (χ0v) is 18.1. The second kappa shape index (κ2) is 8.62. The van der Waals surface area contributed by atoms with Crippen molar-refractivity contribution in [3.8, 4) is 11.4 Å². The number of hydrogen-bond acceptors (Lipinski definition) is 4. The van der Waals surface area contributed by atoms with Gasteiger partial charge in [0.15, 0.2) is 11.6 Å². The molecule has 0 N–H and O–H groups in total. The van der Waals surface area contributed by atoms with Crippen molar-refractivity contribution in [1.29, 1.82) is 0 Å². The van der Waals surface area contributed by atoms with Crippen LogP contribution < -0.4 is 0 Å². The van der Waals surface area contributed by atoms with Gasteiger partial charge < -0.3 is 4.90 Å². The highest BCUT2D eigenvalue weighted by molar-refractivity contribution is 6.01. The first-order valence-corrected chi connectivity index (χ1v) is 10.9. The van der Waals surface area contributed by atoms with Crippen LogP contribution in [0, 0.1) is 23.4 Å². The third-order valence-electron chi connectivity index (χ3n) is 6.69. The second-order valence-electron chi connectivity index (χ2n) is 8.75.